The van der Waals surface area contributed by atoms with Crippen molar-refractivity contribution in [2.24, 2.45) is 5.92 Å². The van der Waals surface area contributed by atoms with Gasteiger partial charge in [-0.1, -0.05) is 44.2 Å². The van der Waals surface area contributed by atoms with Gasteiger partial charge in [-0.25, -0.2) is 4.79 Å². The van der Waals surface area contributed by atoms with Gasteiger partial charge in [-0.05, 0) is 78.4 Å². The van der Waals surface area contributed by atoms with Crippen LogP contribution in [-0.2, 0) is 4.79 Å². The molecule has 2 N–H and O–H groups in total. The maximum atomic E-state index is 12.8. The van der Waals surface area contributed by atoms with E-state index in [1.165, 1.54) is 11.9 Å². The molecule has 1 atom stereocenters. The van der Waals surface area contributed by atoms with Crippen molar-refractivity contribution in [1.82, 2.24) is 4.90 Å². The quantitative estimate of drug-likeness (QED) is 0.496. The number of nitrogens with zero attached hydrogens (tertiary/aromatic N) is 1. The van der Waals surface area contributed by atoms with Gasteiger partial charge in [0, 0.05) is 23.9 Å². The van der Waals surface area contributed by atoms with Gasteiger partial charge in [-0.3, -0.25) is 9.59 Å². The number of carbonyl (C=O) groups is 3. The van der Waals surface area contributed by atoms with Gasteiger partial charge in [0.2, 0.25) is 0 Å². The van der Waals surface area contributed by atoms with Gasteiger partial charge >= 0.3 is 5.97 Å². The van der Waals surface area contributed by atoms with Crippen molar-refractivity contribution in [3.8, 4) is 11.1 Å². The Kier molecular flexibility index (Phi) is 7.51. The maximum absolute atomic E-state index is 12.8. The SMILES string of the molecule is Cc1ccc(C(=O)Nc2ccc(-c3ccc(C(=O)N(C)[C@H](C(=O)O)C(C)C)cc3)cc2)cc1C. The van der Waals surface area contributed by atoms with E-state index in [-0.39, 0.29) is 17.7 Å². The van der Waals surface area contributed by atoms with Gasteiger partial charge in [-0.15, -0.1) is 0 Å². The Morgan fingerprint density at radius 3 is 1.82 bits per heavy atom. The highest BCUT2D eigenvalue weighted by Gasteiger charge is 2.30. The van der Waals surface area contributed by atoms with Gasteiger partial charge in [0.25, 0.3) is 11.8 Å². The highest BCUT2D eigenvalue weighted by Crippen LogP contribution is 2.23. The number of carboxylic acids is 1. The van der Waals surface area contributed by atoms with E-state index in [1.54, 1.807) is 26.0 Å². The van der Waals surface area contributed by atoms with Gasteiger partial charge in [0.15, 0.2) is 0 Å². The van der Waals surface area contributed by atoms with Crippen LogP contribution in [0.25, 0.3) is 11.1 Å². The average Bonchev–Trinajstić information content (AvgIpc) is 2.80. The molecule has 6 heteroatoms. The Morgan fingerprint density at radius 1 is 0.794 bits per heavy atom. The fourth-order valence-corrected chi connectivity index (χ4v) is 3.87. The Balaban J connectivity index is 1.70. The number of amides is 2. The van der Waals surface area contributed by atoms with Crippen LogP contribution in [0, 0.1) is 19.8 Å². The van der Waals surface area contributed by atoms with Crippen LogP contribution in [0.4, 0.5) is 5.69 Å². The lowest BCUT2D eigenvalue weighted by Gasteiger charge is -2.27. The van der Waals surface area contributed by atoms with Crippen molar-refractivity contribution < 1.29 is 19.5 Å². The molecule has 0 unspecified atom stereocenters. The van der Waals surface area contributed by atoms with Crippen molar-refractivity contribution in [3.63, 3.8) is 0 Å². The van der Waals surface area contributed by atoms with Crippen LogP contribution in [-0.4, -0.2) is 40.9 Å². The number of benzene rings is 3. The Morgan fingerprint density at radius 2 is 1.32 bits per heavy atom. The predicted molar refractivity (Wildman–Crippen MR) is 134 cm³/mol. The normalized spacial score (nSPS) is 11.7. The number of anilines is 1. The summed E-state index contributed by atoms with van der Waals surface area (Å²) in [5.74, 6) is -1.73. The van der Waals surface area contributed by atoms with Crippen LogP contribution >= 0.6 is 0 Å². The molecular weight excluding hydrogens is 428 g/mol. The number of aryl methyl sites for hydroxylation is 2. The summed E-state index contributed by atoms with van der Waals surface area (Å²) < 4.78 is 0. The lowest BCUT2D eigenvalue weighted by atomic mass is 10.0. The molecule has 176 valence electrons. The average molecular weight is 459 g/mol. The molecule has 3 rings (SSSR count). The molecule has 0 heterocycles. The summed E-state index contributed by atoms with van der Waals surface area (Å²) in [5, 5.41) is 12.4. The molecule has 6 nitrogen and oxygen atoms in total. The van der Waals surface area contributed by atoms with Gasteiger partial charge in [0.1, 0.15) is 6.04 Å². The van der Waals surface area contributed by atoms with Gasteiger partial charge in [0.05, 0.1) is 0 Å². The summed E-state index contributed by atoms with van der Waals surface area (Å²) in [6.45, 7) is 7.54. The van der Waals surface area contributed by atoms with Crippen LogP contribution in [0.15, 0.2) is 66.7 Å². The standard InChI is InChI=1S/C28H30N2O4/c1-17(2)25(28(33)34)30(5)27(32)22-10-8-20(9-11-22)21-12-14-24(15-13-21)29-26(31)23-7-6-18(3)19(4)16-23/h6-17,25H,1-5H3,(H,29,31)(H,33,34)/t25-/m0/s1. The van der Waals surface area contributed by atoms with Crippen LogP contribution < -0.4 is 5.32 Å². The molecule has 0 radical (unpaired) electrons. The summed E-state index contributed by atoms with van der Waals surface area (Å²) in [4.78, 5) is 38.1. The number of likely N-dealkylation sites (N-methyl/N-ethyl adjacent to an activating group) is 1. The zero-order chi connectivity index (χ0) is 25.0. The fourth-order valence-electron chi connectivity index (χ4n) is 3.87. The topological polar surface area (TPSA) is 86.7 Å². The molecule has 0 bridgehead atoms. The number of rotatable bonds is 7. The second-order valence-electron chi connectivity index (χ2n) is 8.85. The first-order valence-corrected chi connectivity index (χ1v) is 11.2. The summed E-state index contributed by atoms with van der Waals surface area (Å²) >= 11 is 0. The molecule has 0 fully saturated rings. The third-order valence-electron chi connectivity index (χ3n) is 6.00. The van der Waals surface area contributed by atoms with Crippen LogP contribution in [0.3, 0.4) is 0 Å². The second-order valence-corrected chi connectivity index (χ2v) is 8.85. The largest absolute Gasteiger partial charge is 0.480 e. The maximum Gasteiger partial charge on any atom is 0.326 e. The molecule has 2 amide bonds. The number of hydrogen-bond donors (Lipinski definition) is 2. The Labute approximate surface area is 200 Å². The molecule has 0 aliphatic rings. The molecule has 34 heavy (non-hydrogen) atoms. The van der Waals surface area contributed by atoms with E-state index in [0.29, 0.717) is 16.8 Å². The third kappa shape index (κ3) is 5.52. The van der Waals surface area contributed by atoms with E-state index in [2.05, 4.69) is 5.32 Å². The Bertz CT molecular complexity index is 1200. The smallest absolute Gasteiger partial charge is 0.326 e. The van der Waals surface area contributed by atoms with E-state index >= 15 is 0 Å². The van der Waals surface area contributed by atoms with Crippen molar-refractivity contribution in [2.45, 2.75) is 33.7 Å². The molecule has 0 aliphatic heterocycles. The summed E-state index contributed by atoms with van der Waals surface area (Å²) in [7, 11) is 1.51. The molecule has 3 aromatic rings. The predicted octanol–water partition coefficient (Wildman–Crippen LogP) is 5.40. The number of hydrogen-bond acceptors (Lipinski definition) is 3. The first-order chi connectivity index (χ1) is 16.1. The zero-order valence-corrected chi connectivity index (χ0v) is 20.1. The number of aliphatic carboxylic acids is 1. The molecular formula is C28H30N2O4. The third-order valence-corrected chi connectivity index (χ3v) is 6.00. The zero-order valence-electron chi connectivity index (χ0n) is 20.1. The van der Waals surface area contributed by atoms with Crippen molar-refractivity contribution in [1.29, 1.82) is 0 Å². The van der Waals surface area contributed by atoms with Crippen molar-refractivity contribution in [3.05, 3.63) is 89.0 Å². The molecule has 0 saturated carbocycles. The summed E-state index contributed by atoms with van der Waals surface area (Å²) in [6.07, 6.45) is 0. The minimum absolute atomic E-state index is 0.163. The lowest BCUT2D eigenvalue weighted by Crippen LogP contribution is -2.45. The van der Waals surface area contributed by atoms with E-state index in [0.717, 1.165) is 22.3 Å². The molecule has 0 aromatic heterocycles. The Hall–Kier alpha value is -3.93. The van der Waals surface area contributed by atoms with Crippen LogP contribution in [0.1, 0.15) is 45.7 Å². The molecule has 0 saturated heterocycles. The lowest BCUT2D eigenvalue weighted by molar-refractivity contribution is -0.143. The monoisotopic (exact) mass is 458 g/mol. The molecule has 0 spiro atoms. The number of nitrogens with one attached hydrogen (secondary N) is 1. The molecule has 0 aliphatic carbocycles. The minimum Gasteiger partial charge on any atom is -0.480 e. The number of carboxylic acid groups (broad SMARTS) is 1. The van der Waals surface area contributed by atoms with Gasteiger partial charge < -0.3 is 15.3 Å². The van der Waals surface area contributed by atoms with Crippen molar-refractivity contribution >= 4 is 23.5 Å². The fraction of sp³-hybridized carbons (Fsp3) is 0.250. The van der Waals surface area contributed by atoms with Gasteiger partial charge in [-0.2, -0.15) is 0 Å². The van der Waals surface area contributed by atoms with Crippen LogP contribution in [0.5, 0.6) is 0 Å². The molecule has 3 aromatic carbocycles. The second kappa shape index (κ2) is 10.3. The van der Waals surface area contributed by atoms with E-state index in [4.69, 9.17) is 0 Å². The summed E-state index contributed by atoms with van der Waals surface area (Å²) in [5.41, 5.74) is 5.77. The van der Waals surface area contributed by atoms with E-state index < -0.39 is 12.0 Å². The first-order valence-electron chi connectivity index (χ1n) is 11.2. The van der Waals surface area contributed by atoms with Crippen molar-refractivity contribution in [2.75, 3.05) is 12.4 Å². The van der Waals surface area contributed by atoms with E-state index in [1.807, 2.05) is 68.4 Å². The highest BCUT2D eigenvalue weighted by atomic mass is 16.4. The van der Waals surface area contributed by atoms with Crippen LogP contribution in [0.2, 0.25) is 0 Å². The number of carbonyl (C=O) groups excluding carboxylic acids is 2. The van der Waals surface area contributed by atoms with E-state index in [9.17, 15) is 19.5 Å². The highest BCUT2D eigenvalue weighted by molar-refractivity contribution is 6.04. The minimum atomic E-state index is -1.02. The first kappa shape index (κ1) is 24.7. The summed E-state index contributed by atoms with van der Waals surface area (Å²) in [6, 6.07) is 19.3.